The molecular formula is C13H16N2O3S. The quantitative estimate of drug-likeness (QED) is 0.902. The monoisotopic (exact) mass is 280 g/mol. The van der Waals surface area contributed by atoms with E-state index in [1.165, 1.54) is 0 Å². The number of aromatic hydroxyl groups is 1. The number of rotatable bonds is 2. The lowest BCUT2D eigenvalue weighted by molar-refractivity contribution is 0.471. The summed E-state index contributed by atoms with van der Waals surface area (Å²) in [7, 11) is -2.88. The van der Waals surface area contributed by atoms with Gasteiger partial charge in [-0.2, -0.15) is 0 Å². The van der Waals surface area contributed by atoms with Gasteiger partial charge in [0.05, 0.1) is 17.7 Å². The van der Waals surface area contributed by atoms with Crippen LogP contribution < -0.4 is 0 Å². The fourth-order valence-electron chi connectivity index (χ4n) is 2.75. The highest BCUT2D eigenvalue weighted by Gasteiger charge is 2.26. The average Bonchev–Trinajstić information content (AvgIpc) is 2.73. The normalized spacial score (nSPS) is 22.6. The summed E-state index contributed by atoms with van der Waals surface area (Å²) < 4.78 is 25.1. The van der Waals surface area contributed by atoms with Gasteiger partial charge in [-0.1, -0.05) is 0 Å². The van der Waals surface area contributed by atoms with E-state index in [2.05, 4.69) is 4.98 Å². The van der Waals surface area contributed by atoms with Crippen molar-refractivity contribution in [2.75, 3.05) is 11.5 Å². The van der Waals surface area contributed by atoms with E-state index in [1.807, 2.05) is 10.6 Å². The summed E-state index contributed by atoms with van der Waals surface area (Å²) in [6.45, 7) is 0. The van der Waals surface area contributed by atoms with Crippen molar-refractivity contribution in [1.29, 1.82) is 0 Å². The molecule has 19 heavy (non-hydrogen) atoms. The van der Waals surface area contributed by atoms with Crippen LogP contribution in [0.2, 0.25) is 0 Å². The predicted octanol–water partition coefficient (Wildman–Crippen LogP) is 1.41. The fourth-order valence-corrected chi connectivity index (χ4v) is 4.52. The van der Waals surface area contributed by atoms with Crippen LogP contribution in [0.3, 0.4) is 0 Å². The first-order chi connectivity index (χ1) is 9.05. The molecule has 2 aromatic heterocycles. The van der Waals surface area contributed by atoms with E-state index in [-0.39, 0.29) is 17.4 Å². The maximum atomic E-state index is 11.6. The number of pyridine rings is 1. The number of sulfone groups is 1. The zero-order valence-electron chi connectivity index (χ0n) is 10.5. The molecule has 6 heteroatoms. The Balaban J connectivity index is 1.88. The van der Waals surface area contributed by atoms with Crippen LogP contribution in [0.4, 0.5) is 0 Å². The molecule has 1 N–H and O–H groups in total. The smallest absolute Gasteiger partial charge is 0.150 e. The van der Waals surface area contributed by atoms with Gasteiger partial charge in [0.1, 0.15) is 17.1 Å². The highest BCUT2D eigenvalue weighted by atomic mass is 32.2. The molecule has 0 amide bonds. The maximum absolute atomic E-state index is 11.6. The van der Waals surface area contributed by atoms with Crippen molar-refractivity contribution in [2.24, 2.45) is 5.92 Å². The Bertz CT molecular complexity index is 706. The third kappa shape index (κ3) is 2.45. The van der Waals surface area contributed by atoms with Gasteiger partial charge in [0.15, 0.2) is 9.84 Å². The van der Waals surface area contributed by atoms with Crippen LogP contribution in [0.25, 0.3) is 5.52 Å². The number of aromatic nitrogens is 2. The van der Waals surface area contributed by atoms with Crippen LogP contribution in [-0.4, -0.2) is 34.4 Å². The number of nitrogens with zero attached hydrogens (tertiary/aromatic N) is 2. The lowest BCUT2D eigenvalue weighted by Gasteiger charge is -2.21. The second-order valence-electron chi connectivity index (χ2n) is 5.15. The largest absolute Gasteiger partial charge is 0.506 e. The molecule has 1 saturated heterocycles. The van der Waals surface area contributed by atoms with Gasteiger partial charge in [0, 0.05) is 12.6 Å². The zero-order valence-corrected chi connectivity index (χ0v) is 11.3. The van der Waals surface area contributed by atoms with Crippen molar-refractivity contribution in [2.45, 2.75) is 19.3 Å². The zero-order chi connectivity index (χ0) is 13.5. The number of imidazole rings is 1. The molecule has 5 nitrogen and oxygen atoms in total. The fraction of sp³-hybridized carbons (Fsp3) is 0.462. The lowest BCUT2D eigenvalue weighted by atomic mass is 10.0. The first-order valence-corrected chi connectivity index (χ1v) is 8.22. The first kappa shape index (κ1) is 12.5. The van der Waals surface area contributed by atoms with Gasteiger partial charge < -0.3 is 9.51 Å². The summed E-state index contributed by atoms with van der Waals surface area (Å²) in [6.07, 6.45) is 5.77. The molecule has 3 rings (SSSR count). The van der Waals surface area contributed by atoms with Gasteiger partial charge >= 0.3 is 0 Å². The Morgan fingerprint density at radius 2 is 2.32 bits per heavy atom. The molecule has 2 aromatic rings. The molecule has 0 saturated carbocycles. The van der Waals surface area contributed by atoms with Crippen LogP contribution in [0.1, 0.15) is 18.7 Å². The molecule has 0 bridgehead atoms. The van der Waals surface area contributed by atoms with Crippen LogP contribution in [0.5, 0.6) is 5.75 Å². The van der Waals surface area contributed by atoms with Crippen molar-refractivity contribution in [3.8, 4) is 5.75 Å². The van der Waals surface area contributed by atoms with Crippen molar-refractivity contribution in [3.05, 3.63) is 30.4 Å². The summed E-state index contributed by atoms with van der Waals surface area (Å²) in [6, 6.07) is 3.37. The SMILES string of the molecule is O=S1(=O)CCCC(Cc2ncc3c(O)cccn23)C1. The molecule has 3 heterocycles. The molecule has 1 aliphatic rings. The molecular weight excluding hydrogens is 264 g/mol. The molecule has 1 atom stereocenters. The summed E-state index contributed by atoms with van der Waals surface area (Å²) in [4.78, 5) is 4.31. The maximum Gasteiger partial charge on any atom is 0.150 e. The topological polar surface area (TPSA) is 71.7 Å². The Hall–Kier alpha value is -1.56. The highest BCUT2D eigenvalue weighted by Crippen LogP contribution is 2.24. The van der Waals surface area contributed by atoms with Crippen LogP contribution in [-0.2, 0) is 16.3 Å². The number of fused-ring (bicyclic) bond motifs is 1. The second-order valence-corrected chi connectivity index (χ2v) is 7.38. The number of hydrogen-bond donors (Lipinski definition) is 1. The van der Waals surface area contributed by atoms with E-state index in [0.717, 1.165) is 18.7 Å². The predicted molar refractivity (Wildman–Crippen MR) is 71.9 cm³/mol. The minimum absolute atomic E-state index is 0.131. The van der Waals surface area contributed by atoms with Crippen molar-refractivity contribution >= 4 is 15.4 Å². The Morgan fingerprint density at radius 3 is 3.11 bits per heavy atom. The van der Waals surface area contributed by atoms with Gasteiger partial charge in [-0.3, -0.25) is 0 Å². The summed E-state index contributed by atoms with van der Waals surface area (Å²) in [5, 5.41) is 9.72. The van der Waals surface area contributed by atoms with E-state index in [0.29, 0.717) is 17.7 Å². The van der Waals surface area contributed by atoms with E-state index < -0.39 is 9.84 Å². The number of hydrogen-bond acceptors (Lipinski definition) is 4. The second kappa shape index (κ2) is 4.52. The Kier molecular flexibility index (Phi) is 2.97. The minimum Gasteiger partial charge on any atom is -0.506 e. The lowest BCUT2D eigenvalue weighted by Crippen LogP contribution is -2.26. The van der Waals surface area contributed by atoms with E-state index in [9.17, 15) is 13.5 Å². The molecule has 102 valence electrons. The van der Waals surface area contributed by atoms with E-state index in [1.54, 1.807) is 18.3 Å². The van der Waals surface area contributed by atoms with Gasteiger partial charge in [-0.05, 0) is 30.9 Å². The van der Waals surface area contributed by atoms with Gasteiger partial charge in [0.2, 0.25) is 0 Å². The van der Waals surface area contributed by atoms with Gasteiger partial charge in [-0.25, -0.2) is 13.4 Å². The van der Waals surface area contributed by atoms with Gasteiger partial charge in [0.25, 0.3) is 0 Å². The van der Waals surface area contributed by atoms with Crippen molar-refractivity contribution < 1.29 is 13.5 Å². The minimum atomic E-state index is -2.88. The average molecular weight is 280 g/mol. The molecule has 1 aliphatic heterocycles. The van der Waals surface area contributed by atoms with Crippen LogP contribution in [0, 0.1) is 5.92 Å². The molecule has 1 unspecified atom stereocenters. The van der Waals surface area contributed by atoms with Crippen LogP contribution >= 0.6 is 0 Å². The van der Waals surface area contributed by atoms with E-state index >= 15 is 0 Å². The molecule has 0 aliphatic carbocycles. The molecule has 0 spiro atoms. The summed E-state index contributed by atoms with van der Waals surface area (Å²) in [5.41, 5.74) is 0.663. The molecule has 0 radical (unpaired) electrons. The molecule has 1 fully saturated rings. The highest BCUT2D eigenvalue weighted by molar-refractivity contribution is 7.91. The van der Waals surface area contributed by atoms with Crippen LogP contribution in [0.15, 0.2) is 24.5 Å². The van der Waals surface area contributed by atoms with Gasteiger partial charge in [-0.15, -0.1) is 0 Å². The van der Waals surface area contributed by atoms with Crippen molar-refractivity contribution in [3.63, 3.8) is 0 Å². The summed E-state index contributed by atoms with van der Waals surface area (Å²) in [5.74, 6) is 1.70. The van der Waals surface area contributed by atoms with E-state index in [4.69, 9.17) is 0 Å². The Labute approximate surface area is 111 Å². The molecule has 0 aromatic carbocycles. The van der Waals surface area contributed by atoms with Crippen molar-refractivity contribution in [1.82, 2.24) is 9.38 Å². The summed E-state index contributed by atoms with van der Waals surface area (Å²) >= 11 is 0. The third-order valence-electron chi connectivity index (χ3n) is 3.65. The first-order valence-electron chi connectivity index (χ1n) is 6.39. The Morgan fingerprint density at radius 1 is 1.47 bits per heavy atom. The standard InChI is InChI=1S/C13H16N2O3S/c16-12-4-1-5-15-11(12)8-14-13(15)7-10-3-2-6-19(17,18)9-10/h1,4-5,8,10,16H,2-3,6-7,9H2. The third-order valence-corrected chi connectivity index (χ3v) is 5.54.